The van der Waals surface area contributed by atoms with Gasteiger partial charge < -0.3 is 10.5 Å². The van der Waals surface area contributed by atoms with Gasteiger partial charge in [0, 0.05) is 5.54 Å². The standard InChI is InChI=1S/C16H25NO/c1-5-12-9-13(16(17)7-6-8-16)10-14(11(2)3)15(12)18-4/h9-11H,5-8,17H2,1-4H3. The van der Waals surface area contributed by atoms with Crippen LogP contribution in [0.25, 0.3) is 0 Å². The van der Waals surface area contributed by atoms with Crippen LogP contribution in [-0.2, 0) is 12.0 Å². The smallest absolute Gasteiger partial charge is 0.125 e. The maximum Gasteiger partial charge on any atom is 0.125 e. The molecule has 0 amide bonds. The molecular formula is C16H25NO. The number of aryl methyl sites for hydroxylation is 1. The first-order chi connectivity index (χ1) is 8.51. The van der Waals surface area contributed by atoms with Crippen molar-refractivity contribution in [3.05, 3.63) is 28.8 Å². The van der Waals surface area contributed by atoms with Gasteiger partial charge in [0.05, 0.1) is 7.11 Å². The Morgan fingerprint density at radius 2 is 2.00 bits per heavy atom. The van der Waals surface area contributed by atoms with E-state index in [2.05, 4.69) is 32.9 Å². The van der Waals surface area contributed by atoms with E-state index in [-0.39, 0.29) is 5.54 Å². The Labute approximate surface area is 111 Å². The number of methoxy groups -OCH3 is 1. The third-order valence-electron chi connectivity index (χ3n) is 4.22. The molecule has 2 rings (SSSR count). The highest BCUT2D eigenvalue weighted by Crippen LogP contribution is 2.42. The van der Waals surface area contributed by atoms with Crippen molar-refractivity contribution in [1.82, 2.24) is 0 Å². The van der Waals surface area contributed by atoms with E-state index < -0.39 is 0 Å². The number of ether oxygens (including phenoxy) is 1. The van der Waals surface area contributed by atoms with Crippen molar-refractivity contribution in [3.8, 4) is 5.75 Å². The third-order valence-corrected chi connectivity index (χ3v) is 4.22. The summed E-state index contributed by atoms with van der Waals surface area (Å²) in [4.78, 5) is 0. The van der Waals surface area contributed by atoms with E-state index in [0.717, 1.165) is 25.0 Å². The summed E-state index contributed by atoms with van der Waals surface area (Å²) in [5, 5.41) is 0. The van der Waals surface area contributed by atoms with E-state index in [1.807, 2.05) is 0 Å². The van der Waals surface area contributed by atoms with Crippen LogP contribution >= 0.6 is 0 Å². The van der Waals surface area contributed by atoms with Gasteiger partial charge in [0.1, 0.15) is 5.75 Å². The van der Waals surface area contributed by atoms with E-state index in [9.17, 15) is 0 Å². The molecule has 0 aromatic heterocycles. The van der Waals surface area contributed by atoms with E-state index >= 15 is 0 Å². The van der Waals surface area contributed by atoms with E-state index in [1.54, 1.807) is 7.11 Å². The van der Waals surface area contributed by atoms with Gasteiger partial charge in [0.2, 0.25) is 0 Å². The molecule has 2 N–H and O–H groups in total. The van der Waals surface area contributed by atoms with Crippen molar-refractivity contribution >= 4 is 0 Å². The van der Waals surface area contributed by atoms with Crippen LogP contribution < -0.4 is 10.5 Å². The predicted octanol–water partition coefficient (Wildman–Crippen LogP) is 3.72. The summed E-state index contributed by atoms with van der Waals surface area (Å²) >= 11 is 0. The fraction of sp³-hybridized carbons (Fsp3) is 0.625. The van der Waals surface area contributed by atoms with Gasteiger partial charge in [-0.1, -0.05) is 26.8 Å². The molecule has 0 radical (unpaired) electrons. The minimum atomic E-state index is -0.0835. The first kappa shape index (κ1) is 13.4. The molecule has 1 aromatic carbocycles. The van der Waals surface area contributed by atoms with Crippen LogP contribution in [0.4, 0.5) is 0 Å². The molecule has 2 heteroatoms. The summed E-state index contributed by atoms with van der Waals surface area (Å²) in [5.41, 5.74) is 10.3. The lowest BCUT2D eigenvalue weighted by Gasteiger charge is -2.39. The van der Waals surface area contributed by atoms with E-state index in [1.165, 1.54) is 23.1 Å². The summed E-state index contributed by atoms with van der Waals surface area (Å²) in [6.07, 6.45) is 4.47. The third kappa shape index (κ3) is 2.14. The van der Waals surface area contributed by atoms with Gasteiger partial charge >= 0.3 is 0 Å². The fourth-order valence-electron chi connectivity index (χ4n) is 2.79. The number of benzene rings is 1. The molecule has 1 aliphatic carbocycles. The largest absolute Gasteiger partial charge is 0.496 e. The molecule has 1 saturated carbocycles. The molecule has 1 fully saturated rings. The minimum absolute atomic E-state index is 0.0835. The lowest BCUT2D eigenvalue weighted by molar-refractivity contribution is 0.253. The van der Waals surface area contributed by atoms with Crippen LogP contribution in [0.1, 0.15) is 62.6 Å². The molecule has 0 bridgehead atoms. The molecular weight excluding hydrogens is 222 g/mol. The second-order valence-corrected chi connectivity index (χ2v) is 5.78. The maximum absolute atomic E-state index is 6.47. The molecule has 0 aliphatic heterocycles. The molecule has 0 spiro atoms. The van der Waals surface area contributed by atoms with Gasteiger partial charge in [-0.25, -0.2) is 0 Å². The maximum atomic E-state index is 6.47. The van der Waals surface area contributed by atoms with Crippen molar-refractivity contribution in [1.29, 1.82) is 0 Å². The Hall–Kier alpha value is -1.02. The molecule has 0 unspecified atom stereocenters. The number of rotatable bonds is 4. The second-order valence-electron chi connectivity index (χ2n) is 5.78. The Morgan fingerprint density at radius 3 is 2.39 bits per heavy atom. The quantitative estimate of drug-likeness (QED) is 0.880. The average molecular weight is 247 g/mol. The van der Waals surface area contributed by atoms with Crippen molar-refractivity contribution in [2.45, 2.75) is 57.9 Å². The Bertz CT molecular complexity index is 433. The zero-order chi connectivity index (χ0) is 13.3. The van der Waals surface area contributed by atoms with Crippen LogP contribution in [0.2, 0.25) is 0 Å². The van der Waals surface area contributed by atoms with Crippen LogP contribution in [0.3, 0.4) is 0 Å². The van der Waals surface area contributed by atoms with Crippen LogP contribution in [0.5, 0.6) is 5.75 Å². The normalized spacial score (nSPS) is 17.7. The summed E-state index contributed by atoms with van der Waals surface area (Å²) in [6.45, 7) is 6.60. The summed E-state index contributed by atoms with van der Waals surface area (Å²) in [6, 6.07) is 4.52. The Balaban J connectivity index is 2.53. The average Bonchev–Trinajstić information content (AvgIpc) is 2.33. The first-order valence-electron chi connectivity index (χ1n) is 7.02. The number of hydrogen-bond acceptors (Lipinski definition) is 2. The van der Waals surface area contributed by atoms with Gasteiger partial charge in [0.25, 0.3) is 0 Å². The summed E-state index contributed by atoms with van der Waals surface area (Å²) in [7, 11) is 1.77. The van der Waals surface area contributed by atoms with Gasteiger partial charge in [-0.3, -0.25) is 0 Å². The molecule has 1 aromatic rings. The SMILES string of the molecule is CCc1cc(C2(N)CCC2)cc(C(C)C)c1OC. The molecule has 1 aliphatic rings. The second kappa shape index (κ2) is 4.93. The monoisotopic (exact) mass is 247 g/mol. The molecule has 18 heavy (non-hydrogen) atoms. The topological polar surface area (TPSA) is 35.2 Å². The van der Waals surface area contributed by atoms with Gasteiger partial charge in [-0.15, -0.1) is 0 Å². The van der Waals surface area contributed by atoms with Crippen molar-refractivity contribution in [3.63, 3.8) is 0 Å². The highest BCUT2D eigenvalue weighted by atomic mass is 16.5. The Kier molecular flexibility index (Phi) is 3.67. The molecule has 2 nitrogen and oxygen atoms in total. The summed E-state index contributed by atoms with van der Waals surface area (Å²) < 4.78 is 5.61. The lowest BCUT2D eigenvalue weighted by atomic mass is 9.71. The highest BCUT2D eigenvalue weighted by molar-refractivity contribution is 5.48. The van der Waals surface area contributed by atoms with Crippen LogP contribution in [0.15, 0.2) is 12.1 Å². The number of hydrogen-bond donors (Lipinski definition) is 1. The summed E-state index contributed by atoms with van der Waals surface area (Å²) in [5.74, 6) is 1.52. The zero-order valence-corrected chi connectivity index (χ0v) is 12.0. The van der Waals surface area contributed by atoms with Crippen LogP contribution in [-0.4, -0.2) is 7.11 Å². The molecule has 0 saturated heterocycles. The van der Waals surface area contributed by atoms with Crippen molar-refractivity contribution < 1.29 is 4.74 Å². The predicted molar refractivity (Wildman–Crippen MR) is 76.2 cm³/mol. The van der Waals surface area contributed by atoms with Crippen molar-refractivity contribution in [2.24, 2.45) is 5.73 Å². The highest BCUT2D eigenvalue weighted by Gasteiger charge is 2.35. The van der Waals surface area contributed by atoms with Gasteiger partial charge in [-0.05, 0) is 54.4 Å². The minimum Gasteiger partial charge on any atom is -0.496 e. The molecule has 0 atom stereocenters. The zero-order valence-electron chi connectivity index (χ0n) is 12.0. The van der Waals surface area contributed by atoms with Gasteiger partial charge in [0.15, 0.2) is 0 Å². The Morgan fingerprint density at radius 1 is 1.33 bits per heavy atom. The number of nitrogens with two attached hydrogens (primary N) is 1. The van der Waals surface area contributed by atoms with E-state index in [0.29, 0.717) is 5.92 Å². The molecule has 0 heterocycles. The molecule has 100 valence electrons. The van der Waals surface area contributed by atoms with Crippen molar-refractivity contribution in [2.75, 3.05) is 7.11 Å². The lowest BCUT2D eigenvalue weighted by Crippen LogP contribution is -2.43. The fourth-order valence-corrected chi connectivity index (χ4v) is 2.79. The van der Waals surface area contributed by atoms with E-state index in [4.69, 9.17) is 10.5 Å². The van der Waals surface area contributed by atoms with Gasteiger partial charge in [-0.2, -0.15) is 0 Å². The first-order valence-corrected chi connectivity index (χ1v) is 7.02. The van der Waals surface area contributed by atoms with Crippen LogP contribution in [0, 0.1) is 0 Å².